The number of hydrogen-bond acceptors (Lipinski definition) is 7. The summed E-state index contributed by atoms with van der Waals surface area (Å²) < 4.78 is 34.5. The average molecular weight is 406 g/mol. The summed E-state index contributed by atoms with van der Waals surface area (Å²) >= 11 is 0. The minimum absolute atomic E-state index is 0.0467. The van der Waals surface area contributed by atoms with Gasteiger partial charge < -0.3 is 24.4 Å². The summed E-state index contributed by atoms with van der Waals surface area (Å²) in [6.45, 7) is -0.362. The van der Waals surface area contributed by atoms with E-state index in [1.807, 2.05) is 0 Å². The number of ether oxygens (including phenoxy) is 3. The third-order valence-corrected chi connectivity index (χ3v) is 4.42. The quantitative estimate of drug-likeness (QED) is 0.509. The van der Waals surface area contributed by atoms with Gasteiger partial charge in [-0.15, -0.1) is 0 Å². The zero-order valence-electron chi connectivity index (χ0n) is 15.5. The van der Waals surface area contributed by atoms with Crippen LogP contribution in [0.3, 0.4) is 0 Å². The number of carbonyl (C=O) groups is 1. The Balaban J connectivity index is 1.51. The summed E-state index contributed by atoms with van der Waals surface area (Å²) in [5.74, 6) is -0.194. The maximum Gasteiger partial charge on any atom is 0.349 e. The third-order valence-electron chi connectivity index (χ3n) is 4.42. The zero-order valence-corrected chi connectivity index (χ0v) is 15.5. The van der Waals surface area contributed by atoms with Crippen LogP contribution in [0.5, 0.6) is 17.2 Å². The van der Waals surface area contributed by atoms with Gasteiger partial charge in [-0.25, -0.2) is 9.18 Å². The van der Waals surface area contributed by atoms with Gasteiger partial charge in [0.25, 0.3) is 0 Å². The first kappa shape index (κ1) is 19.1. The summed E-state index contributed by atoms with van der Waals surface area (Å²) in [7, 11) is 0. The zero-order chi connectivity index (χ0) is 21.1. The van der Waals surface area contributed by atoms with Crippen molar-refractivity contribution in [1.82, 2.24) is 0 Å². The molecule has 0 fully saturated rings. The lowest BCUT2D eigenvalue weighted by Gasteiger charge is -2.25. The molecule has 0 radical (unpaired) electrons. The van der Waals surface area contributed by atoms with E-state index in [0.717, 1.165) is 0 Å². The molecule has 3 aromatic rings. The SMILES string of the molecule is N#CC1=C(N)Oc2cc(OC(=O)COc3ccc(F)cc3)ccc2C1c1ccco1. The number of halogens is 1. The summed E-state index contributed by atoms with van der Waals surface area (Å²) in [5, 5.41) is 9.48. The van der Waals surface area contributed by atoms with Gasteiger partial charge in [-0.3, -0.25) is 0 Å². The Morgan fingerprint density at radius 2 is 1.93 bits per heavy atom. The molecule has 7 nitrogen and oxygen atoms in total. The fraction of sp³-hybridized carbons (Fsp3) is 0.0909. The molecule has 30 heavy (non-hydrogen) atoms. The fourth-order valence-corrected chi connectivity index (χ4v) is 3.08. The van der Waals surface area contributed by atoms with Crippen LogP contribution in [0.15, 0.2) is 76.7 Å². The number of benzene rings is 2. The number of hydrogen-bond donors (Lipinski definition) is 1. The van der Waals surface area contributed by atoms with Gasteiger partial charge in [-0.05, 0) is 42.5 Å². The summed E-state index contributed by atoms with van der Waals surface area (Å²) in [6, 6.07) is 15.5. The Hall–Kier alpha value is -4.25. The molecule has 2 N–H and O–H groups in total. The second kappa shape index (κ2) is 8.01. The van der Waals surface area contributed by atoms with Crippen LogP contribution in [0.1, 0.15) is 17.2 Å². The Morgan fingerprint density at radius 3 is 2.63 bits per heavy atom. The standard InChI is InChI=1S/C22H15FN2O5/c23-13-3-5-14(6-4-13)28-12-20(26)29-15-7-8-16-19(10-15)30-22(25)17(11-24)21(16)18-2-1-9-27-18/h1-10,21H,12,25H2. The summed E-state index contributed by atoms with van der Waals surface area (Å²) in [6.07, 6.45) is 1.51. The molecule has 2 heterocycles. The summed E-state index contributed by atoms with van der Waals surface area (Å²) in [5.41, 5.74) is 6.80. The van der Waals surface area contributed by atoms with Crippen molar-refractivity contribution in [3.05, 3.63) is 89.5 Å². The lowest BCUT2D eigenvalue weighted by atomic mass is 9.87. The lowest BCUT2D eigenvalue weighted by Crippen LogP contribution is -2.21. The van der Waals surface area contributed by atoms with Gasteiger partial charge in [0.2, 0.25) is 5.88 Å². The predicted molar refractivity (Wildman–Crippen MR) is 102 cm³/mol. The van der Waals surface area contributed by atoms with Crippen molar-refractivity contribution in [2.24, 2.45) is 5.73 Å². The van der Waals surface area contributed by atoms with Gasteiger partial charge in [-0.1, -0.05) is 6.07 Å². The van der Waals surface area contributed by atoms with Gasteiger partial charge in [0.15, 0.2) is 6.61 Å². The maximum absolute atomic E-state index is 12.9. The van der Waals surface area contributed by atoms with Gasteiger partial charge >= 0.3 is 5.97 Å². The molecule has 8 heteroatoms. The third kappa shape index (κ3) is 3.82. The van der Waals surface area contributed by atoms with E-state index in [0.29, 0.717) is 22.8 Å². The number of furan rings is 1. The highest BCUT2D eigenvalue weighted by molar-refractivity contribution is 5.74. The van der Waals surface area contributed by atoms with E-state index < -0.39 is 17.7 Å². The molecule has 2 aromatic carbocycles. The maximum atomic E-state index is 12.9. The molecule has 0 amide bonds. The Labute approximate surface area is 170 Å². The van der Waals surface area contributed by atoms with Crippen LogP contribution in [-0.2, 0) is 4.79 Å². The van der Waals surface area contributed by atoms with Crippen LogP contribution in [0, 0.1) is 17.1 Å². The first-order valence-corrected chi connectivity index (χ1v) is 8.89. The van der Waals surface area contributed by atoms with Crippen LogP contribution in [0.25, 0.3) is 0 Å². The van der Waals surface area contributed by atoms with Crippen molar-refractivity contribution < 1.29 is 27.8 Å². The van der Waals surface area contributed by atoms with E-state index in [-0.39, 0.29) is 23.8 Å². The molecule has 150 valence electrons. The average Bonchev–Trinajstić information content (AvgIpc) is 3.26. The summed E-state index contributed by atoms with van der Waals surface area (Å²) in [4.78, 5) is 12.1. The van der Waals surface area contributed by atoms with E-state index in [2.05, 4.69) is 6.07 Å². The minimum atomic E-state index is -0.654. The van der Waals surface area contributed by atoms with Gasteiger partial charge in [0, 0.05) is 11.6 Å². The molecule has 1 aliphatic heterocycles. The first-order valence-electron chi connectivity index (χ1n) is 8.89. The van der Waals surface area contributed by atoms with Crippen molar-refractivity contribution in [1.29, 1.82) is 5.26 Å². The number of rotatable bonds is 5. The normalized spacial score (nSPS) is 15.0. The van der Waals surface area contributed by atoms with Crippen molar-refractivity contribution in [3.8, 4) is 23.3 Å². The van der Waals surface area contributed by atoms with Crippen molar-refractivity contribution in [2.45, 2.75) is 5.92 Å². The second-order valence-electron chi connectivity index (χ2n) is 6.36. The van der Waals surface area contributed by atoms with E-state index in [1.54, 1.807) is 24.3 Å². The number of allylic oxidation sites excluding steroid dienone is 1. The van der Waals surface area contributed by atoms with Gasteiger partial charge in [0.05, 0.1) is 12.2 Å². The largest absolute Gasteiger partial charge is 0.482 e. The monoisotopic (exact) mass is 406 g/mol. The molecule has 0 spiro atoms. The smallest absolute Gasteiger partial charge is 0.349 e. The highest BCUT2D eigenvalue weighted by Crippen LogP contribution is 2.43. The van der Waals surface area contributed by atoms with E-state index in [1.165, 1.54) is 36.6 Å². The Bertz CT molecular complexity index is 1150. The highest BCUT2D eigenvalue weighted by atomic mass is 19.1. The van der Waals surface area contributed by atoms with Crippen LogP contribution in [0.2, 0.25) is 0 Å². The number of carbonyl (C=O) groups excluding carboxylic acids is 1. The van der Waals surface area contributed by atoms with Crippen molar-refractivity contribution in [2.75, 3.05) is 6.61 Å². The van der Waals surface area contributed by atoms with Crippen molar-refractivity contribution >= 4 is 5.97 Å². The molecule has 1 unspecified atom stereocenters. The fourth-order valence-electron chi connectivity index (χ4n) is 3.08. The Kier molecular flexibility index (Phi) is 5.09. The predicted octanol–water partition coefficient (Wildman–Crippen LogP) is 3.62. The molecular weight excluding hydrogens is 391 g/mol. The van der Waals surface area contributed by atoms with Crippen LogP contribution < -0.4 is 19.9 Å². The molecule has 1 aliphatic rings. The first-order chi connectivity index (χ1) is 14.5. The molecule has 0 bridgehead atoms. The molecule has 0 aliphatic carbocycles. The second-order valence-corrected chi connectivity index (χ2v) is 6.36. The van der Waals surface area contributed by atoms with E-state index >= 15 is 0 Å². The number of nitriles is 1. The molecular formula is C22H15FN2O5. The molecule has 0 saturated heterocycles. The highest BCUT2D eigenvalue weighted by Gasteiger charge is 2.32. The molecule has 1 aromatic heterocycles. The van der Waals surface area contributed by atoms with Gasteiger partial charge in [0.1, 0.15) is 40.5 Å². The number of nitrogens with zero attached hydrogens (tertiary/aromatic N) is 1. The molecule has 0 saturated carbocycles. The number of nitrogens with two attached hydrogens (primary N) is 1. The van der Waals surface area contributed by atoms with Crippen LogP contribution in [-0.4, -0.2) is 12.6 Å². The van der Waals surface area contributed by atoms with Crippen LogP contribution >= 0.6 is 0 Å². The number of esters is 1. The van der Waals surface area contributed by atoms with Crippen LogP contribution in [0.4, 0.5) is 4.39 Å². The lowest BCUT2D eigenvalue weighted by molar-refractivity contribution is -0.136. The Morgan fingerprint density at radius 1 is 1.17 bits per heavy atom. The molecule has 4 rings (SSSR count). The topological polar surface area (TPSA) is 108 Å². The van der Waals surface area contributed by atoms with Crippen molar-refractivity contribution in [3.63, 3.8) is 0 Å². The van der Waals surface area contributed by atoms with E-state index in [9.17, 15) is 14.4 Å². The molecule has 1 atom stereocenters. The minimum Gasteiger partial charge on any atom is -0.482 e. The van der Waals surface area contributed by atoms with E-state index in [4.69, 9.17) is 24.4 Å². The number of fused-ring (bicyclic) bond motifs is 1. The van der Waals surface area contributed by atoms with Gasteiger partial charge in [-0.2, -0.15) is 5.26 Å².